The van der Waals surface area contributed by atoms with Crippen LogP contribution in [0.4, 0.5) is 0 Å². The second-order valence-corrected chi connectivity index (χ2v) is 5.20. The molecule has 0 fully saturated rings. The molecule has 0 bridgehead atoms. The van der Waals surface area contributed by atoms with Crippen molar-refractivity contribution >= 4 is 17.6 Å². The van der Waals surface area contributed by atoms with Gasteiger partial charge in [-0.3, -0.25) is 0 Å². The van der Waals surface area contributed by atoms with Gasteiger partial charge in [-0.25, -0.2) is 4.79 Å². The van der Waals surface area contributed by atoms with Crippen molar-refractivity contribution in [2.75, 3.05) is 6.61 Å². The quantitative estimate of drug-likeness (QED) is 0.474. The maximum absolute atomic E-state index is 11.9. The second-order valence-electron chi connectivity index (χ2n) is 4.76. The average Bonchev–Trinajstić information content (AvgIpc) is 2.43. The molecule has 1 N–H and O–H groups in total. The molecular formula is C15H21ClO3. The van der Waals surface area contributed by atoms with E-state index in [-0.39, 0.29) is 0 Å². The van der Waals surface area contributed by atoms with Gasteiger partial charge in [0.25, 0.3) is 0 Å². The minimum atomic E-state index is -1.73. The predicted molar refractivity (Wildman–Crippen MR) is 76.1 cm³/mol. The van der Waals surface area contributed by atoms with Crippen molar-refractivity contribution in [1.29, 1.82) is 0 Å². The summed E-state index contributed by atoms with van der Waals surface area (Å²) in [6.45, 7) is 3.78. The number of carbonyl (C=O) groups excluding carboxylic acids is 1. The maximum atomic E-state index is 11.9. The molecule has 3 nitrogen and oxygen atoms in total. The van der Waals surface area contributed by atoms with E-state index in [1.807, 2.05) is 18.2 Å². The lowest BCUT2D eigenvalue weighted by Crippen LogP contribution is -2.41. The van der Waals surface area contributed by atoms with E-state index in [1.54, 1.807) is 12.1 Å². The van der Waals surface area contributed by atoms with Gasteiger partial charge in [-0.15, -0.1) is 11.6 Å². The van der Waals surface area contributed by atoms with E-state index in [2.05, 4.69) is 6.92 Å². The molecule has 2 atom stereocenters. The zero-order chi connectivity index (χ0) is 14.3. The number of halogens is 1. The zero-order valence-electron chi connectivity index (χ0n) is 11.4. The number of ether oxygens (including phenoxy) is 1. The minimum absolute atomic E-state index is 0.321. The maximum Gasteiger partial charge on any atom is 0.339 e. The van der Waals surface area contributed by atoms with Gasteiger partial charge in [0.2, 0.25) is 0 Å². The molecule has 0 radical (unpaired) electrons. The van der Waals surface area contributed by atoms with Gasteiger partial charge in [-0.1, -0.05) is 50.1 Å². The van der Waals surface area contributed by atoms with E-state index in [0.717, 1.165) is 19.3 Å². The van der Waals surface area contributed by atoms with Crippen molar-refractivity contribution < 1.29 is 14.6 Å². The molecule has 0 aromatic heterocycles. The molecule has 0 saturated carbocycles. The number of unbranched alkanes of at least 4 members (excludes halogenated alkanes) is 2. The zero-order valence-corrected chi connectivity index (χ0v) is 12.2. The summed E-state index contributed by atoms with van der Waals surface area (Å²) in [7, 11) is 0. The van der Waals surface area contributed by atoms with E-state index in [4.69, 9.17) is 16.3 Å². The van der Waals surface area contributed by atoms with Crippen LogP contribution in [0.5, 0.6) is 0 Å². The number of carbonyl (C=O) groups is 1. The lowest BCUT2D eigenvalue weighted by Gasteiger charge is -2.26. The van der Waals surface area contributed by atoms with Crippen molar-refractivity contribution in [3.05, 3.63) is 35.9 Å². The van der Waals surface area contributed by atoms with Crippen LogP contribution >= 0.6 is 11.6 Å². The van der Waals surface area contributed by atoms with Crippen molar-refractivity contribution in [2.45, 2.75) is 44.1 Å². The lowest BCUT2D eigenvalue weighted by molar-refractivity contribution is -0.164. The van der Waals surface area contributed by atoms with Crippen LogP contribution in [0.3, 0.4) is 0 Å². The largest absolute Gasteiger partial charge is 0.464 e. The molecule has 1 aromatic carbocycles. The number of benzene rings is 1. The molecule has 0 saturated heterocycles. The number of esters is 1. The highest BCUT2D eigenvalue weighted by molar-refractivity contribution is 6.23. The van der Waals surface area contributed by atoms with Crippen molar-refractivity contribution in [2.24, 2.45) is 0 Å². The third kappa shape index (κ3) is 4.51. The van der Waals surface area contributed by atoms with Crippen LogP contribution in [0.2, 0.25) is 0 Å². The molecule has 106 valence electrons. The van der Waals surface area contributed by atoms with Crippen molar-refractivity contribution in [1.82, 2.24) is 0 Å². The number of hydrogen-bond acceptors (Lipinski definition) is 3. The number of hydrogen-bond donors (Lipinski definition) is 1. The molecule has 19 heavy (non-hydrogen) atoms. The van der Waals surface area contributed by atoms with Crippen LogP contribution in [-0.2, 0) is 9.53 Å². The van der Waals surface area contributed by atoms with E-state index in [1.165, 1.54) is 6.92 Å². The second kappa shape index (κ2) is 7.51. The number of rotatable bonds is 7. The third-order valence-corrected chi connectivity index (χ3v) is 3.66. The third-order valence-electron chi connectivity index (χ3n) is 2.98. The number of aliphatic hydroxyl groups is 1. The van der Waals surface area contributed by atoms with Gasteiger partial charge in [0.1, 0.15) is 0 Å². The van der Waals surface area contributed by atoms with E-state index < -0.39 is 16.9 Å². The van der Waals surface area contributed by atoms with Crippen molar-refractivity contribution in [3.8, 4) is 0 Å². The summed E-state index contributed by atoms with van der Waals surface area (Å²) in [5.41, 5.74) is -1.03. The lowest BCUT2D eigenvalue weighted by atomic mass is 9.96. The van der Waals surface area contributed by atoms with Gasteiger partial charge in [-0.2, -0.15) is 0 Å². The Morgan fingerprint density at radius 2 is 2.00 bits per heavy atom. The van der Waals surface area contributed by atoms with Crippen LogP contribution in [-0.4, -0.2) is 23.3 Å². The first kappa shape index (κ1) is 16.0. The van der Waals surface area contributed by atoms with Gasteiger partial charge in [-0.05, 0) is 18.9 Å². The van der Waals surface area contributed by atoms with Crippen LogP contribution in [0.1, 0.15) is 44.1 Å². The van der Waals surface area contributed by atoms with Gasteiger partial charge in [0.05, 0.1) is 12.0 Å². The first-order valence-electron chi connectivity index (χ1n) is 6.58. The van der Waals surface area contributed by atoms with E-state index in [0.29, 0.717) is 12.2 Å². The Kier molecular flexibility index (Phi) is 6.32. The minimum Gasteiger partial charge on any atom is -0.464 e. The summed E-state index contributed by atoms with van der Waals surface area (Å²) >= 11 is 6.18. The molecule has 0 spiro atoms. The molecule has 4 heteroatoms. The standard InChI is InChI=1S/C15H21ClO3/c1-3-4-8-11-19-14(17)15(2,18)13(16)12-9-6-5-7-10-12/h5-7,9-10,13,18H,3-4,8,11H2,1-2H3/t13-,15-/m1/s1. The van der Waals surface area contributed by atoms with Crippen LogP contribution in [0, 0.1) is 0 Å². The highest BCUT2D eigenvalue weighted by Gasteiger charge is 2.40. The monoisotopic (exact) mass is 284 g/mol. The molecule has 0 aliphatic carbocycles. The van der Waals surface area contributed by atoms with Gasteiger partial charge in [0.15, 0.2) is 5.60 Å². The Morgan fingerprint density at radius 1 is 1.37 bits per heavy atom. The Hall–Kier alpha value is -1.06. The average molecular weight is 285 g/mol. The Bertz CT molecular complexity index is 390. The smallest absolute Gasteiger partial charge is 0.339 e. The summed E-state index contributed by atoms with van der Waals surface area (Å²) in [6, 6.07) is 9.03. The first-order chi connectivity index (χ1) is 9.00. The van der Waals surface area contributed by atoms with E-state index in [9.17, 15) is 9.90 Å². The van der Waals surface area contributed by atoms with Gasteiger partial charge in [0, 0.05) is 0 Å². The highest BCUT2D eigenvalue weighted by atomic mass is 35.5. The van der Waals surface area contributed by atoms with Gasteiger partial charge >= 0.3 is 5.97 Å². The molecule has 0 aliphatic heterocycles. The topological polar surface area (TPSA) is 46.5 Å². The Balaban J connectivity index is 2.61. The molecule has 1 aromatic rings. The van der Waals surface area contributed by atoms with Crippen LogP contribution in [0.25, 0.3) is 0 Å². The molecule has 0 unspecified atom stereocenters. The summed E-state index contributed by atoms with van der Waals surface area (Å²) in [4.78, 5) is 11.9. The molecule has 0 amide bonds. The predicted octanol–water partition coefficient (Wildman–Crippen LogP) is 3.45. The fourth-order valence-corrected chi connectivity index (χ4v) is 1.95. The normalized spacial score (nSPS) is 15.6. The summed E-state index contributed by atoms with van der Waals surface area (Å²) in [6.07, 6.45) is 2.85. The Labute approximate surface area is 119 Å². The van der Waals surface area contributed by atoms with Crippen LogP contribution < -0.4 is 0 Å². The first-order valence-corrected chi connectivity index (χ1v) is 7.02. The molecular weight excluding hydrogens is 264 g/mol. The molecule has 0 aliphatic rings. The van der Waals surface area contributed by atoms with Crippen molar-refractivity contribution in [3.63, 3.8) is 0 Å². The summed E-state index contributed by atoms with van der Waals surface area (Å²) < 4.78 is 5.08. The van der Waals surface area contributed by atoms with Gasteiger partial charge < -0.3 is 9.84 Å². The summed E-state index contributed by atoms with van der Waals surface area (Å²) in [5, 5.41) is 9.43. The summed E-state index contributed by atoms with van der Waals surface area (Å²) in [5.74, 6) is -0.674. The SMILES string of the molecule is CCCCCOC(=O)[C@](C)(O)[C@H](Cl)c1ccccc1. The fourth-order valence-electron chi connectivity index (χ4n) is 1.71. The van der Waals surface area contributed by atoms with Crippen LogP contribution in [0.15, 0.2) is 30.3 Å². The molecule has 1 rings (SSSR count). The number of alkyl halides is 1. The highest BCUT2D eigenvalue weighted by Crippen LogP contribution is 2.33. The van der Waals surface area contributed by atoms with E-state index >= 15 is 0 Å². The fraction of sp³-hybridized carbons (Fsp3) is 0.533. The Morgan fingerprint density at radius 3 is 2.58 bits per heavy atom. The molecule has 0 heterocycles.